The number of benzene rings is 2. The Morgan fingerprint density at radius 2 is 1.56 bits per heavy atom. The lowest BCUT2D eigenvalue weighted by molar-refractivity contribution is 0.227. The van der Waals surface area contributed by atoms with Crippen molar-refractivity contribution >= 4 is 38.2 Å². The van der Waals surface area contributed by atoms with Crippen LogP contribution in [0.5, 0.6) is 5.75 Å². The summed E-state index contributed by atoms with van der Waals surface area (Å²) in [4.78, 5) is 15.9. The molecule has 0 radical (unpaired) electrons. The molecule has 6 heteroatoms. The van der Waals surface area contributed by atoms with E-state index < -0.39 is 10.2 Å². The summed E-state index contributed by atoms with van der Waals surface area (Å²) in [5, 5.41) is 2.32. The van der Waals surface area contributed by atoms with Crippen molar-refractivity contribution in [2.45, 2.75) is 68.6 Å². The van der Waals surface area contributed by atoms with Crippen LogP contribution in [0.25, 0.3) is 10.9 Å². The van der Waals surface area contributed by atoms with E-state index in [2.05, 4.69) is 76.8 Å². The van der Waals surface area contributed by atoms with Crippen LogP contribution in [0.15, 0.2) is 59.6 Å². The van der Waals surface area contributed by atoms with Gasteiger partial charge in [-0.05, 0) is 62.1 Å². The molecule has 0 fully saturated rings. The molecule has 34 heavy (non-hydrogen) atoms. The number of hydrogen-bond donors (Lipinski definition) is 0. The molecular weight excluding hydrogens is 460 g/mol. The van der Waals surface area contributed by atoms with Gasteiger partial charge in [0.15, 0.2) is 0 Å². The van der Waals surface area contributed by atoms with Gasteiger partial charge >= 0.3 is 5.30 Å². The lowest BCUT2D eigenvalue weighted by Crippen LogP contribution is -2.33. The average Bonchev–Trinajstić information content (AvgIpc) is 3.12. The van der Waals surface area contributed by atoms with E-state index in [-0.39, 0.29) is 5.30 Å². The molecular formula is C28H40N2O2S2. The fourth-order valence-corrected chi connectivity index (χ4v) is 11.2. The van der Waals surface area contributed by atoms with Crippen LogP contribution in [-0.2, 0) is 6.42 Å². The molecule has 4 nitrogen and oxygen atoms in total. The van der Waals surface area contributed by atoms with Crippen LogP contribution in [0.3, 0.4) is 0 Å². The van der Waals surface area contributed by atoms with E-state index in [4.69, 9.17) is 4.74 Å². The van der Waals surface area contributed by atoms with Crippen molar-refractivity contribution in [3.05, 3.63) is 60.3 Å². The number of fused-ring (bicyclic) bond motifs is 1. The summed E-state index contributed by atoms with van der Waals surface area (Å²) in [6.45, 7) is 15.1. The number of rotatable bonds is 9. The van der Waals surface area contributed by atoms with Crippen molar-refractivity contribution in [2.24, 2.45) is 0 Å². The van der Waals surface area contributed by atoms with Crippen molar-refractivity contribution in [3.8, 4) is 5.75 Å². The van der Waals surface area contributed by atoms with Gasteiger partial charge in [-0.1, -0.05) is 65.8 Å². The number of nitrogens with zero attached hydrogens (tertiary/aromatic N) is 2. The fraction of sp³-hybridized carbons (Fsp3) is 0.464. The average molecular weight is 501 g/mol. The molecule has 0 saturated carbocycles. The molecule has 0 atom stereocenters. The summed E-state index contributed by atoms with van der Waals surface area (Å²) in [5.74, 6) is 0.656. The molecule has 186 valence electrons. The van der Waals surface area contributed by atoms with Gasteiger partial charge in [-0.3, -0.25) is 0 Å². The molecule has 0 aliphatic rings. The molecule has 0 saturated heterocycles. The van der Waals surface area contributed by atoms with Crippen molar-refractivity contribution in [2.75, 3.05) is 20.6 Å². The first kappa shape index (κ1) is 26.7. The molecule has 0 aliphatic heterocycles. The smallest absolute Gasteiger partial charge is 0.377 e. The molecule has 0 amide bonds. The summed E-state index contributed by atoms with van der Waals surface area (Å²) >= 11 is 1.13. The van der Waals surface area contributed by atoms with Crippen LogP contribution >= 0.6 is 22.0 Å². The van der Waals surface area contributed by atoms with E-state index in [0.29, 0.717) is 21.5 Å². The topological polar surface area (TPSA) is 34.5 Å². The first-order valence-electron chi connectivity index (χ1n) is 12.1. The highest BCUT2D eigenvalue weighted by molar-refractivity contribution is 8.33. The maximum Gasteiger partial charge on any atom is 0.377 e. The molecule has 0 N–H and O–H groups in total. The molecule has 0 bridgehead atoms. The van der Waals surface area contributed by atoms with E-state index in [1.165, 1.54) is 11.1 Å². The Balaban J connectivity index is 2.15. The Kier molecular flexibility index (Phi) is 8.82. The molecule has 0 unspecified atom stereocenters. The third-order valence-corrected chi connectivity index (χ3v) is 12.7. The number of carbonyl (C=O) groups excluding carboxylic acids is 1. The van der Waals surface area contributed by atoms with Crippen molar-refractivity contribution in [1.82, 2.24) is 8.87 Å². The highest BCUT2D eigenvalue weighted by Crippen LogP contribution is 2.63. The summed E-state index contributed by atoms with van der Waals surface area (Å²) in [6, 6.07) is 15.8. The Bertz CT molecular complexity index is 1080. The van der Waals surface area contributed by atoms with Crippen molar-refractivity contribution < 1.29 is 9.53 Å². The molecule has 0 spiro atoms. The molecule has 0 aliphatic carbocycles. The second-order valence-corrected chi connectivity index (χ2v) is 15.5. The molecule has 3 rings (SSSR count). The van der Waals surface area contributed by atoms with Gasteiger partial charge in [0.25, 0.3) is 0 Å². The zero-order valence-electron chi connectivity index (χ0n) is 21.9. The van der Waals surface area contributed by atoms with Crippen LogP contribution < -0.4 is 4.74 Å². The summed E-state index contributed by atoms with van der Waals surface area (Å²) in [5.41, 5.74) is 2.42. The standard InChI is InChI=1S/C28H40N2O2S2/c1-20(2)34(21(3)4,22(5)6)30-19-23(17-18-29(7)8)27-25(30)15-12-16-26(27)32-28(31)33-24-13-10-9-11-14-24/h9-16,19-22H,17-18H2,1-8H3. The third-order valence-electron chi connectivity index (χ3n) is 6.41. The minimum Gasteiger partial charge on any atom is -0.417 e. The first-order chi connectivity index (χ1) is 16.1. The predicted molar refractivity (Wildman–Crippen MR) is 151 cm³/mol. The van der Waals surface area contributed by atoms with Crippen molar-refractivity contribution in [3.63, 3.8) is 0 Å². The number of aromatic nitrogens is 1. The summed E-state index contributed by atoms with van der Waals surface area (Å²) in [7, 11) is 2.99. The zero-order valence-corrected chi connectivity index (χ0v) is 23.5. The van der Waals surface area contributed by atoms with E-state index in [0.717, 1.165) is 35.0 Å². The number of carbonyl (C=O) groups is 1. The first-order valence-corrected chi connectivity index (χ1v) is 14.7. The van der Waals surface area contributed by atoms with Gasteiger partial charge in [-0.2, -0.15) is 10.2 Å². The Hall–Kier alpha value is -1.89. The lowest BCUT2D eigenvalue weighted by atomic mass is 10.1. The third kappa shape index (κ3) is 5.34. The van der Waals surface area contributed by atoms with Gasteiger partial charge in [0.1, 0.15) is 5.75 Å². The van der Waals surface area contributed by atoms with Gasteiger partial charge in [0.2, 0.25) is 0 Å². The molecule has 1 aromatic heterocycles. The normalized spacial score (nSPS) is 12.9. The Morgan fingerprint density at radius 3 is 2.12 bits per heavy atom. The van der Waals surface area contributed by atoms with Crippen LogP contribution in [0, 0.1) is 0 Å². The number of likely N-dealkylation sites (N-methyl/N-ethyl adjacent to an activating group) is 1. The van der Waals surface area contributed by atoms with Gasteiger partial charge in [0, 0.05) is 38.8 Å². The monoisotopic (exact) mass is 500 g/mol. The largest absolute Gasteiger partial charge is 0.417 e. The van der Waals surface area contributed by atoms with E-state index >= 15 is 0 Å². The van der Waals surface area contributed by atoms with E-state index in [1.807, 2.05) is 42.5 Å². The van der Waals surface area contributed by atoms with Gasteiger partial charge in [-0.25, -0.2) is 4.79 Å². The van der Waals surface area contributed by atoms with Gasteiger partial charge < -0.3 is 13.6 Å². The quantitative estimate of drug-likeness (QED) is 0.221. The number of ether oxygens (including phenoxy) is 1. The summed E-state index contributed by atoms with van der Waals surface area (Å²) in [6.07, 6.45) is 3.27. The molecule has 3 aromatic rings. The van der Waals surface area contributed by atoms with Crippen LogP contribution in [0.4, 0.5) is 4.79 Å². The van der Waals surface area contributed by atoms with Gasteiger partial charge in [-0.15, -0.1) is 0 Å². The Morgan fingerprint density at radius 1 is 0.941 bits per heavy atom. The summed E-state index contributed by atoms with van der Waals surface area (Å²) < 4.78 is 8.57. The van der Waals surface area contributed by atoms with Crippen LogP contribution in [-0.4, -0.2) is 50.6 Å². The van der Waals surface area contributed by atoms with Crippen molar-refractivity contribution in [1.29, 1.82) is 0 Å². The second kappa shape index (κ2) is 11.2. The molecule has 2 aromatic carbocycles. The number of thioether (sulfide) groups is 1. The Labute approximate surface area is 211 Å². The predicted octanol–water partition coefficient (Wildman–Crippen LogP) is 7.83. The van der Waals surface area contributed by atoms with Crippen LogP contribution in [0.2, 0.25) is 0 Å². The lowest BCUT2D eigenvalue weighted by Gasteiger charge is -2.52. The SMILES string of the molecule is CC(C)S(C(C)C)(C(C)C)n1cc(CCN(C)C)c2c(OC(=O)Sc3ccccc3)cccc21. The maximum atomic E-state index is 12.9. The fourth-order valence-electron chi connectivity index (χ4n) is 5.19. The van der Waals surface area contributed by atoms with E-state index in [9.17, 15) is 4.79 Å². The number of hydrogen-bond acceptors (Lipinski definition) is 4. The van der Waals surface area contributed by atoms with Crippen LogP contribution in [0.1, 0.15) is 47.1 Å². The van der Waals surface area contributed by atoms with E-state index in [1.54, 1.807) is 0 Å². The second-order valence-electron chi connectivity index (χ2n) is 9.82. The maximum absolute atomic E-state index is 12.9. The minimum absolute atomic E-state index is 0.305. The highest BCUT2D eigenvalue weighted by atomic mass is 32.3. The molecule has 1 heterocycles. The van der Waals surface area contributed by atoms with Gasteiger partial charge in [0.05, 0.1) is 5.52 Å². The highest BCUT2D eigenvalue weighted by Gasteiger charge is 2.38. The zero-order chi connectivity index (χ0) is 25.0. The minimum atomic E-state index is -1.21.